The highest BCUT2D eigenvalue weighted by molar-refractivity contribution is 5.70. The maximum atomic E-state index is 11.5. The van der Waals surface area contributed by atoms with Crippen LogP contribution in [0.25, 0.3) is 0 Å². The van der Waals surface area contributed by atoms with Crippen LogP contribution in [0.15, 0.2) is 0 Å². The Balaban J connectivity index is 3.71. The van der Waals surface area contributed by atoms with Gasteiger partial charge in [0, 0.05) is 0 Å². The second kappa shape index (κ2) is 13.1. The quantitative estimate of drug-likeness (QED) is 0.162. The molecule has 1 atom stereocenters. The lowest BCUT2D eigenvalue weighted by molar-refractivity contribution is -0.757. The maximum absolute atomic E-state index is 11.5. The highest BCUT2D eigenvalue weighted by atomic mass is 16.9. The van der Waals surface area contributed by atoms with Crippen molar-refractivity contribution in [1.29, 1.82) is 0 Å². The fraction of sp³-hybridized carbons (Fsp3) is 0.833. The van der Waals surface area contributed by atoms with E-state index < -0.39 is 17.2 Å². The number of carbonyl (C=O) groups excluding carboxylic acids is 2. The first-order valence-electron chi connectivity index (χ1n) is 6.82. The number of hydrogen-bond acceptors (Lipinski definition) is 8. The molecule has 0 fully saturated rings. The summed E-state index contributed by atoms with van der Waals surface area (Å²) in [5, 5.41) is 9.01. The fourth-order valence-corrected chi connectivity index (χ4v) is 1.59. The van der Waals surface area contributed by atoms with Crippen molar-refractivity contribution in [2.45, 2.75) is 44.6 Å². The van der Waals surface area contributed by atoms with Gasteiger partial charge in [0.1, 0.15) is 6.10 Å². The zero-order chi connectivity index (χ0) is 15.9. The lowest BCUT2D eigenvalue weighted by Gasteiger charge is -2.14. The first-order valence-corrected chi connectivity index (χ1v) is 6.82. The summed E-state index contributed by atoms with van der Waals surface area (Å²) < 4.78 is 9.76. The molecular weight excluding hydrogens is 284 g/mol. The zero-order valence-electron chi connectivity index (χ0n) is 11.9. The van der Waals surface area contributed by atoms with Gasteiger partial charge in [-0.2, -0.15) is 0 Å². The third kappa shape index (κ3) is 12.9. The summed E-state index contributed by atoms with van der Waals surface area (Å²) in [6.07, 6.45) is 2.49. The van der Waals surface area contributed by atoms with Crippen LogP contribution in [0.5, 0.6) is 0 Å². The van der Waals surface area contributed by atoms with Crippen molar-refractivity contribution in [2.75, 3.05) is 19.8 Å². The van der Waals surface area contributed by atoms with Gasteiger partial charge in [-0.25, -0.2) is 0 Å². The molecule has 1 unspecified atom stereocenters. The van der Waals surface area contributed by atoms with Crippen LogP contribution in [-0.4, -0.2) is 43.4 Å². The van der Waals surface area contributed by atoms with E-state index in [1.165, 1.54) is 0 Å². The molecule has 0 aliphatic heterocycles. The minimum atomic E-state index is -0.866. The zero-order valence-corrected chi connectivity index (χ0v) is 11.9. The first-order chi connectivity index (χ1) is 10.1. The molecule has 2 N–H and O–H groups in total. The predicted octanol–water partition coefficient (Wildman–Crippen LogP) is 0.579. The largest absolute Gasteiger partial charge is 0.466 e. The van der Waals surface area contributed by atoms with Crippen molar-refractivity contribution >= 4 is 12.4 Å². The molecule has 0 aliphatic rings. The number of ether oxygens (including phenoxy) is 2. The van der Waals surface area contributed by atoms with E-state index in [2.05, 4.69) is 4.84 Å². The number of unbranched alkanes of at least 4 members (excludes halogenated alkanes) is 2. The normalized spacial score (nSPS) is 11.5. The summed E-state index contributed by atoms with van der Waals surface area (Å²) in [5.41, 5.74) is 5.36. The highest BCUT2D eigenvalue weighted by Crippen LogP contribution is 2.09. The molecule has 9 nitrogen and oxygen atoms in total. The molecule has 0 aromatic carbocycles. The van der Waals surface area contributed by atoms with Gasteiger partial charge in [0.05, 0.1) is 19.6 Å². The van der Waals surface area contributed by atoms with Crippen LogP contribution in [0, 0.1) is 10.1 Å². The van der Waals surface area contributed by atoms with Crippen LogP contribution in [0.1, 0.15) is 38.5 Å². The van der Waals surface area contributed by atoms with E-state index in [0.29, 0.717) is 32.3 Å². The number of nitrogens with zero attached hydrogens (tertiary/aromatic N) is 1. The fourth-order valence-electron chi connectivity index (χ4n) is 1.59. The molecule has 0 aromatic heterocycles. The number of esters is 1. The topological polar surface area (TPSA) is 131 Å². The van der Waals surface area contributed by atoms with Gasteiger partial charge >= 0.3 is 5.97 Å². The average Bonchev–Trinajstić information content (AvgIpc) is 2.42. The Morgan fingerprint density at radius 3 is 2.57 bits per heavy atom. The van der Waals surface area contributed by atoms with E-state index >= 15 is 0 Å². The Labute approximate surface area is 122 Å². The third-order valence-electron chi connectivity index (χ3n) is 2.62. The molecule has 122 valence electrons. The third-order valence-corrected chi connectivity index (χ3v) is 2.62. The molecule has 0 spiro atoms. The van der Waals surface area contributed by atoms with Crippen molar-refractivity contribution in [2.24, 2.45) is 5.73 Å². The molecule has 0 saturated heterocycles. The second-order valence-electron chi connectivity index (χ2n) is 4.33. The smallest absolute Gasteiger partial charge is 0.309 e. The molecule has 21 heavy (non-hydrogen) atoms. The molecule has 0 aromatic rings. The van der Waals surface area contributed by atoms with Crippen LogP contribution in [0.3, 0.4) is 0 Å². The van der Waals surface area contributed by atoms with Gasteiger partial charge in [0.15, 0.2) is 0 Å². The Hall–Kier alpha value is -1.90. The number of carbonyl (C=O) groups is 2. The van der Waals surface area contributed by atoms with Crippen LogP contribution in [0.2, 0.25) is 0 Å². The highest BCUT2D eigenvalue weighted by Gasteiger charge is 2.15. The Bertz CT molecular complexity index is 312. The van der Waals surface area contributed by atoms with Crippen LogP contribution in [0.4, 0.5) is 0 Å². The SMILES string of the molecule is NCCCCC(CC(=O)OCCCCO[N+](=O)[O-])OC=O. The number of rotatable bonds is 14. The first kappa shape index (κ1) is 19.1. The van der Waals surface area contributed by atoms with E-state index in [-0.39, 0.29) is 19.6 Å². The molecular formula is C12H22N2O7. The van der Waals surface area contributed by atoms with Crippen LogP contribution >= 0.6 is 0 Å². The summed E-state index contributed by atoms with van der Waals surface area (Å²) >= 11 is 0. The molecule has 0 saturated carbocycles. The van der Waals surface area contributed by atoms with Crippen molar-refractivity contribution in [3.63, 3.8) is 0 Å². The van der Waals surface area contributed by atoms with E-state index in [1.54, 1.807) is 0 Å². The molecule has 0 radical (unpaired) electrons. The average molecular weight is 306 g/mol. The minimum Gasteiger partial charge on any atom is -0.466 e. The van der Waals surface area contributed by atoms with E-state index in [9.17, 15) is 19.7 Å². The maximum Gasteiger partial charge on any atom is 0.309 e. The van der Waals surface area contributed by atoms with Crippen molar-refractivity contribution < 1.29 is 29.0 Å². The van der Waals surface area contributed by atoms with E-state index in [1.807, 2.05) is 0 Å². The summed E-state index contributed by atoms with van der Waals surface area (Å²) in [4.78, 5) is 35.9. The molecule has 0 aliphatic carbocycles. The van der Waals surface area contributed by atoms with Gasteiger partial charge in [-0.05, 0) is 38.6 Å². The van der Waals surface area contributed by atoms with Gasteiger partial charge in [0.2, 0.25) is 0 Å². The summed E-state index contributed by atoms with van der Waals surface area (Å²) in [6.45, 7) is 0.983. The minimum absolute atomic E-state index is 0.00525. The molecule has 0 heterocycles. The van der Waals surface area contributed by atoms with Crippen molar-refractivity contribution in [1.82, 2.24) is 0 Å². The molecule has 0 bridgehead atoms. The van der Waals surface area contributed by atoms with Crippen LogP contribution in [-0.2, 0) is 23.9 Å². The van der Waals surface area contributed by atoms with E-state index in [4.69, 9.17) is 15.2 Å². The number of hydrogen-bond donors (Lipinski definition) is 1. The molecule has 9 heteroatoms. The van der Waals surface area contributed by atoms with Gasteiger partial charge < -0.3 is 20.0 Å². The number of nitrogens with two attached hydrogens (primary N) is 1. The van der Waals surface area contributed by atoms with Gasteiger partial charge in [0.25, 0.3) is 11.6 Å². The Morgan fingerprint density at radius 1 is 1.24 bits per heavy atom. The van der Waals surface area contributed by atoms with Gasteiger partial charge in [-0.15, -0.1) is 10.1 Å². The molecule has 0 rings (SSSR count). The van der Waals surface area contributed by atoms with Crippen LogP contribution < -0.4 is 5.73 Å². The van der Waals surface area contributed by atoms with Gasteiger partial charge in [-0.1, -0.05) is 0 Å². The summed E-state index contributed by atoms with van der Waals surface area (Å²) in [6, 6.07) is 0. The predicted molar refractivity (Wildman–Crippen MR) is 71.6 cm³/mol. The Morgan fingerprint density at radius 2 is 1.95 bits per heavy atom. The van der Waals surface area contributed by atoms with Gasteiger partial charge in [-0.3, -0.25) is 9.59 Å². The monoisotopic (exact) mass is 306 g/mol. The van der Waals surface area contributed by atoms with Crippen molar-refractivity contribution in [3.05, 3.63) is 10.1 Å². The Kier molecular flexibility index (Phi) is 11.9. The summed E-state index contributed by atoms with van der Waals surface area (Å²) in [7, 11) is 0. The molecule has 0 amide bonds. The van der Waals surface area contributed by atoms with E-state index in [0.717, 1.165) is 12.8 Å². The lowest BCUT2D eigenvalue weighted by atomic mass is 10.1. The summed E-state index contributed by atoms with van der Waals surface area (Å²) in [5.74, 6) is -0.468. The van der Waals surface area contributed by atoms with Crippen molar-refractivity contribution in [3.8, 4) is 0 Å². The standard InChI is InChI=1S/C12H22N2O7/c13-6-2-1-5-11(20-10-15)9-12(16)19-7-3-4-8-21-14(17)18/h10-11H,1-9,13H2. The second-order valence-corrected chi connectivity index (χ2v) is 4.33. The lowest BCUT2D eigenvalue weighted by Crippen LogP contribution is -2.20.